The summed E-state index contributed by atoms with van der Waals surface area (Å²) in [4.78, 5) is 10.6. The van der Waals surface area contributed by atoms with Gasteiger partial charge in [0.1, 0.15) is 0 Å². The molecule has 2 heteroatoms. The van der Waals surface area contributed by atoms with Crippen LogP contribution in [0.25, 0.3) is 0 Å². The average molecular weight is 479 g/mol. The van der Waals surface area contributed by atoms with Crippen LogP contribution in [-0.2, 0) is 9.53 Å². The molecule has 0 bridgehead atoms. The van der Waals surface area contributed by atoms with E-state index < -0.39 is 0 Å². The highest BCUT2D eigenvalue weighted by atomic mass is 16.5. The van der Waals surface area contributed by atoms with Gasteiger partial charge in [0, 0.05) is 6.92 Å². The van der Waals surface area contributed by atoms with Crippen molar-refractivity contribution >= 4 is 5.97 Å². The molecule has 34 heavy (non-hydrogen) atoms. The van der Waals surface area contributed by atoms with Crippen LogP contribution in [0.4, 0.5) is 0 Å². The number of carbonyl (C=O) groups is 1. The first-order chi connectivity index (χ1) is 16.6. The van der Waals surface area contributed by atoms with E-state index in [9.17, 15) is 4.79 Å². The van der Waals surface area contributed by atoms with Gasteiger partial charge in [-0.2, -0.15) is 0 Å². The third kappa shape index (κ3) is 31.2. The minimum absolute atomic E-state index is 0.235. The first-order valence-electron chi connectivity index (χ1n) is 15.4. The molecule has 2 nitrogen and oxygen atoms in total. The van der Waals surface area contributed by atoms with E-state index in [-0.39, 0.29) is 5.97 Å². The second-order valence-electron chi connectivity index (χ2n) is 11.1. The number of rotatable bonds is 27. The Bertz CT molecular complexity index is 427. The fourth-order valence-corrected chi connectivity index (χ4v) is 4.74. The predicted molar refractivity (Wildman–Crippen MR) is 151 cm³/mol. The molecular weight excluding hydrogens is 416 g/mol. The van der Waals surface area contributed by atoms with Crippen molar-refractivity contribution < 1.29 is 9.53 Å². The number of hydrogen-bond donors (Lipinski definition) is 0. The summed E-state index contributed by atoms with van der Waals surface area (Å²) in [7, 11) is 0. The van der Waals surface area contributed by atoms with Crippen LogP contribution in [0.15, 0.2) is 12.3 Å². The van der Waals surface area contributed by atoms with E-state index in [1.165, 1.54) is 167 Å². The maximum Gasteiger partial charge on any atom is 0.307 e. The average Bonchev–Trinajstić information content (AvgIpc) is 2.80. The monoisotopic (exact) mass is 478 g/mol. The number of allylic oxidation sites excluding steroid dienone is 1. The van der Waals surface area contributed by atoms with Crippen LogP contribution < -0.4 is 0 Å². The zero-order valence-corrected chi connectivity index (χ0v) is 23.7. The number of carbonyl (C=O) groups excluding carboxylic acids is 1. The Hall–Kier alpha value is -0.790. The van der Waals surface area contributed by atoms with Crippen LogP contribution >= 0.6 is 0 Å². The lowest BCUT2D eigenvalue weighted by atomic mass is 10.0. The quantitative estimate of drug-likeness (QED) is 0.0666. The van der Waals surface area contributed by atoms with E-state index in [2.05, 4.69) is 13.8 Å². The van der Waals surface area contributed by atoms with Crippen LogP contribution in [0, 0.1) is 5.92 Å². The highest BCUT2D eigenvalue weighted by Crippen LogP contribution is 2.16. The molecule has 0 aliphatic rings. The van der Waals surface area contributed by atoms with Crippen molar-refractivity contribution in [1.82, 2.24) is 0 Å². The molecule has 0 aliphatic heterocycles. The maximum absolute atomic E-state index is 10.6. The molecule has 0 radical (unpaired) electrons. The summed E-state index contributed by atoms with van der Waals surface area (Å²) >= 11 is 0. The lowest BCUT2D eigenvalue weighted by Crippen LogP contribution is -1.89. The largest absolute Gasteiger partial charge is 0.435 e. The van der Waals surface area contributed by atoms with Crippen LogP contribution in [-0.4, -0.2) is 5.97 Å². The Kier molecular flexibility index (Phi) is 27.8. The summed E-state index contributed by atoms with van der Waals surface area (Å²) in [6, 6.07) is 0. The number of ether oxygens (including phenoxy) is 1. The molecular formula is C32H62O2. The molecule has 0 aliphatic carbocycles. The van der Waals surface area contributed by atoms with Gasteiger partial charge in [-0.3, -0.25) is 4.79 Å². The van der Waals surface area contributed by atoms with Gasteiger partial charge in [-0.25, -0.2) is 0 Å². The third-order valence-electron chi connectivity index (χ3n) is 6.98. The summed E-state index contributed by atoms with van der Waals surface area (Å²) < 4.78 is 4.78. The molecule has 0 aromatic heterocycles. The lowest BCUT2D eigenvalue weighted by molar-refractivity contribution is -0.135. The van der Waals surface area contributed by atoms with Crippen LogP contribution in [0.3, 0.4) is 0 Å². The van der Waals surface area contributed by atoms with E-state index in [1.54, 1.807) is 0 Å². The van der Waals surface area contributed by atoms with Crippen molar-refractivity contribution in [3.05, 3.63) is 12.3 Å². The SMILES string of the molecule is CC(=O)O/C=C/CCCCCCCCCCCCCCCCCCCCCCCCCC(C)C. The first-order valence-corrected chi connectivity index (χ1v) is 15.4. The third-order valence-corrected chi connectivity index (χ3v) is 6.98. The van der Waals surface area contributed by atoms with Gasteiger partial charge in [0.25, 0.3) is 0 Å². The van der Waals surface area contributed by atoms with Crippen LogP contribution in [0.5, 0.6) is 0 Å². The molecule has 0 aromatic carbocycles. The Morgan fingerprint density at radius 2 is 0.824 bits per heavy atom. The van der Waals surface area contributed by atoms with Crippen molar-refractivity contribution in [3.8, 4) is 0 Å². The van der Waals surface area contributed by atoms with Crippen molar-refractivity contribution in [3.63, 3.8) is 0 Å². The maximum atomic E-state index is 10.6. The molecule has 0 saturated heterocycles. The zero-order valence-electron chi connectivity index (χ0n) is 23.7. The summed E-state index contributed by atoms with van der Waals surface area (Å²) in [5, 5.41) is 0. The molecule has 0 amide bonds. The molecule has 0 N–H and O–H groups in total. The van der Waals surface area contributed by atoms with Crippen LogP contribution in [0.1, 0.15) is 181 Å². The molecule has 0 saturated carbocycles. The van der Waals surface area contributed by atoms with E-state index >= 15 is 0 Å². The molecule has 0 aromatic rings. The molecule has 0 unspecified atom stereocenters. The van der Waals surface area contributed by atoms with E-state index in [4.69, 9.17) is 4.74 Å². The summed E-state index contributed by atoms with van der Waals surface area (Å²) in [5.74, 6) is 0.652. The Labute approximate surface area is 215 Å². The predicted octanol–water partition coefficient (Wildman–Crippen LogP) is 11.5. The standard InChI is InChI=1S/C32H62O2/c1-31(2)29-27-25-23-21-19-17-15-13-11-9-7-5-4-6-8-10-12-14-16-18-20-22-24-26-28-30-34-32(3)33/h28,30-31H,4-27,29H2,1-3H3/b30-28+. The normalized spacial score (nSPS) is 11.6. The van der Waals surface area contributed by atoms with Gasteiger partial charge >= 0.3 is 5.97 Å². The van der Waals surface area contributed by atoms with Gasteiger partial charge in [0.15, 0.2) is 0 Å². The van der Waals surface area contributed by atoms with E-state index in [0.717, 1.165) is 12.3 Å². The summed E-state index contributed by atoms with van der Waals surface area (Å²) in [6.45, 7) is 6.12. The van der Waals surface area contributed by atoms with Gasteiger partial charge in [-0.1, -0.05) is 162 Å². The van der Waals surface area contributed by atoms with Crippen molar-refractivity contribution in [2.24, 2.45) is 5.92 Å². The highest BCUT2D eigenvalue weighted by molar-refractivity contribution is 5.66. The Morgan fingerprint density at radius 1 is 0.529 bits per heavy atom. The van der Waals surface area contributed by atoms with E-state index in [1.807, 2.05) is 6.08 Å². The minimum atomic E-state index is -0.235. The van der Waals surface area contributed by atoms with Gasteiger partial charge in [0.2, 0.25) is 0 Å². The molecule has 0 fully saturated rings. The summed E-state index contributed by atoms with van der Waals surface area (Å²) in [5.41, 5.74) is 0. The van der Waals surface area contributed by atoms with E-state index in [0.29, 0.717) is 0 Å². The summed E-state index contributed by atoms with van der Waals surface area (Å²) in [6.07, 6.45) is 38.8. The number of unbranched alkanes of at least 4 members (excludes halogenated alkanes) is 23. The lowest BCUT2D eigenvalue weighted by Gasteiger charge is -2.05. The first kappa shape index (κ1) is 33.2. The second-order valence-corrected chi connectivity index (χ2v) is 11.1. The fraction of sp³-hybridized carbons (Fsp3) is 0.906. The smallest absolute Gasteiger partial charge is 0.307 e. The molecule has 0 rings (SSSR count). The molecule has 0 atom stereocenters. The number of hydrogen-bond acceptors (Lipinski definition) is 2. The molecule has 202 valence electrons. The van der Waals surface area contributed by atoms with Crippen LogP contribution in [0.2, 0.25) is 0 Å². The van der Waals surface area contributed by atoms with Crippen molar-refractivity contribution in [2.75, 3.05) is 0 Å². The Balaban J connectivity index is 3.05. The van der Waals surface area contributed by atoms with Gasteiger partial charge < -0.3 is 4.74 Å². The minimum Gasteiger partial charge on any atom is -0.435 e. The second kappa shape index (κ2) is 28.4. The van der Waals surface area contributed by atoms with Gasteiger partial charge in [0.05, 0.1) is 6.26 Å². The Morgan fingerprint density at radius 3 is 1.12 bits per heavy atom. The fourth-order valence-electron chi connectivity index (χ4n) is 4.74. The molecule has 0 heterocycles. The number of esters is 1. The van der Waals surface area contributed by atoms with Crippen molar-refractivity contribution in [2.45, 2.75) is 181 Å². The van der Waals surface area contributed by atoms with Gasteiger partial charge in [-0.15, -0.1) is 0 Å². The van der Waals surface area contributed by atoms with Gasteiger partial charge in [-0.05, 0) is 24.8 Å². The zero-order chi connectivity index (χ0) is 25.0. The topological polar surface area (TPSA) is 26.3 Å². The van der Waals surface area contributed by atoms with Crippen molar-refractivity contribution in [1.29, 1.82) is 0 Å². The molecule has 0 spiro atoms. The highest BCUT2D eigenvalue weighted by Gasteiger charge is 1.97.